The predicted octanol–water partition coefficient (Wildman–Crippen LogP) is 4.16. The highest BCUT2D eigenvalue weighted by atomic mass is 35.5. The van der Waals surface area contributed by atoms with E-state index in [0.29, 0.717) is 35.2 Å². The Morgan fingerprint density at radius 3 is 2.64 bits per heavy atom. The fraction of sp³-hybridized carbons (Fsp3) is 0.400. The van der Waals surface area contributed by atoms with Gasteiger partial charge in [0.05, 0.1) is 15.7 Å². The van der Waals surface area contributed by atoms with Gasteiger partial charge in [-0.15, -0.1) is 0 Å². The summed E-state index contributed by atoms with van der Waals surface area (Å²) in [5.41, 5.74) is -0.0215. The summed E-state index contributed by atoms with van der Waals surface area (Å²) in [4.78, 5) is 18.7. The lowest BCUT2D eigenvalue weighted by molar-refractivity contribution is 0.0434. The van der Waals surface area contributed by atoms with Gasteiger partial charge in [0, 0.05) is 51.6 Å². The van der Waals surface area contributed by atoms with Crippen LogP contribution in [0, 0.1) is 0 Å². The third-order valence-corrected chi connectivity index (χ3v) is 5.66. The zero-order chi connectivity index (χ0) is 20.1. The lowest BCUT2D eigenvalue weighted by Crippen LogP contribution is -2.48. The van der Waals surface area contributed by atoms with Crippen molar-refractivity contribution in [2.75, 3.05) is 32.0 Å². The number of halogens is 3. The van der Waals surface area contributed by atoms with Gasteiger partial charge in [-0.05, 0) is 30.3 Å². The minimum Gasteiger partial charge on any atom is -0.373 e. The van der Waals surface area contributed by atoms with E-state index < -0.39 is 5.67 Å². The maximum Gasteiger partial charge on any atom is 0.253 e. The number of piperidine rings is 1. The molecule has 0 unspecified atom stereocenters. The van der Waals surface area contributed by atoms with Gasteiger partial charge in [0.15, 0.2) is 0 Å². The topological polar surface area (TPSA) is 57.3 Å². The second-order valence-corrected chi connectivity index (χ2v) is 7.75. The fourth-order valence-corrected chi connectivity index (χ4v) is 3.53. The number of amides is 1. The Hall–Kier alpha value is -1.89. The molecule has 3 rings (SSSR count). The number of hydrogen-bond donors (Lipinski definition) is 2. The van der Waals surface area contributed by atoms with Crippen LogP contribution in [-0.4, -0.2) is 48.1 Å². The number of likely N-dealkylation sites (tertiary alicyclic amines) is 1. The Balaban J connectivity index is 1.50. The van der Waals surface area contributed by atoms with Crippen LogP contribution < -0.4 is 10.6 Å². The molecule has 1 aliphatic heterocycles. The number of alkyl halides is 1. The highest BCUT2D eigenvalue weighted by Crippen LogP contribution is 2.28. The number of anilines is 1. The van der Waals surface area contributed by atoms with Crippen molar-refractivity contribution >= 4 is 34.9 Å². The summed E-state index contributed by atoms with van der Waals surface area (Å²) in [5.74, 6) is 0.630. The third kappa shape index (κ3) is 5.13. The molecule has 1 aromatic carbocycles. The molecule has 5 nitrogen and oxygen atoms in total. The third-order valence-electron chi connectivity index (χ3n) is 4.92. The van der Waals surface area contributed by atoms with Crippen LogP contribution in [0.15, 0.2) is 36.4 Å². The number of nitrogens with one attached hydrogen (secondary N) is 2. The fourth-order valence-electron chi connectivity index (χ4n) is 3.23. The Kier molecular flexibility index (Phi) is 6.75. The molecular formula is C20H23Cl2FN4O. The molecule has 28 heavy (non-hydrogen) atoms. The molecule has 150 valence electrons. The van der Waals surface area contributed by atoms with Crippen LogP contribution in [0.4, 0.5) is 10.2 Å². The van der Waals surface area contributed by atoms with Gasteiger partial charge >= 0.3 is 0 Å². The molecule has 0 radical (unpaired) electrons. The number of aromatic nitrogens is 1. The van der Waals surface area contributed by atoms with E-state index >= 15 is 4.39 Å². The molecule has 8 heteroatoms. The second-order valence-electron chi connectivity index (χ2n) is 6.94. The van der Waals surface area contributed by atoms with Gasteiger partial charge in [-0.25, -0.2) is 9.37 Å². The number of carbonyl (C=O) groups excluding carboxylic acids is 1. The second kappa shape index (κ2) is 9.07. The SMILES string of the molecule is CNc1cccc(CNCC2(F)CCN(C(=O)c3ccc(Cl)c(Cl)c3)CC2)n1. The van der Waals surface area contributed by atoms with Gasteiger partial charge in [-0.1, -0.05) is 29.3 Å². The summed E-state index contributed by atoms with van der Waals surface area (Å²) < 4.78 is 15.1. The first kappa shape index (κ1) is 20.8. The standard InChI is InChI=1S/C20H23Cl2FN4O/c1-24-18-4-2-3-15(26-18)12-25-13-20(23)7-9-27(10-8-20)19(28)14-5-6-16(21)17(22)11-14/h2-6,11,25H,7-10,12-13H2,1H3,(H,24,26). The largest absolute Gasteiger partial charge is 0.373 e. The number of carbonyl (C=O) groups is 1. The van der Waals surface area contributed by atoms with Crippen LogP contribution in [0.2, 0.25) is 10.0 Å². The molecule has 2 aromatic rings. The molecule has 0 atom stereocenters. The minimum absolute atomic E-state index is 0.151. The summed E-state index contributed by atoms with van der Waals surface area (Å²) in [6.45, 7) is 1.45. The van der Waals surface area contributed by atoms with Crippen LogP contribution in [0.1, 0.15) is 28.9 Å². The number of pyridine rings is 1. The lowest BCUT2D eigenvalue weighted by atomic mass is 9.92. The van der Waals surface area contributed by atoms with Crippen molar-refractivity contribution in [3.05, 3.63) is 57.7 Å². The van der Waals surface area contributed by atoms with E-state index in [1.165, 1.54) is 0 Å². The van der Waals surface area contributed by atoms with Crippen LogP contribution in [0.5, 0.6) is 0 Å². The Labute approximate surface area is 174 Å². The van der Waals surface area contributed by atoms with Crippen molar-refractivity contribution in [3.63, 3.8) is 0 Å². The highest BCUT2D eigenvalue weighted by Gasteiger charge is 2.35. The first-order valence-electron chi connectivity index (χ1n) is 9.18. The minimum atomic E-state index is -1.34. The van der Waals surface area contributed by atoms with Gasteiger partial charge in [-0.2, -0.15) is 0 Å². The molecule has 0 spiro atoms. The summed E-state index contributed by atoms with van der Waals surface area (Å²) >= 11 is 11.9. The van der Waals surface area contributed by atoms with Crippen molar-refractivity contribution in [2.24, 2.45) is 0 Å². The molecule has 0 bridgehead atoms. The maximum atomic E-state index is 15.1. The number of benzene rings is 1. The zero-order valence-corrected chi connectivity index (χ0v) is 17.2. The van der Waals surface area contributed by atoms with E-state index in [9.17, 15) is 4.79 Å². The summed E-state index contributed by atoms with van der Waals surface area (Å²) in [6, 6.07) is 10.5. The van der Waals surface area contributed by atoms with E-state index in [-0.39, 0.29) is 25.3 Å². The zero-order valence-electron chi connectivity index (χ0n) is 15.6. The Morgan fingerprint density at radius 1 is 1.21 bits per heavy atom. The summed E-state index contributed by atoms with van der Waals surface area (Å²) in [5, 5.41) is 6.88. The van der Waals surface area contributed by atoms with Crippen molar-refractivity contribution in [2.45, 2.75) is 25.1 Å². The molecule has 2 heterocycles. The van der Waals surface area contributed by atoms with Crippen LogP contribution in [-0.2, 0) is 6.54 Å². The van der Waals surface area contributed by atoms with Crippen LogP contribution in [0.25, 0.3) is 0 Å². The Bertz CT molecular complexity index is 841. The van der Waals surface area contributed by atoms with Gasteiger partial charge < -0.3 is 15.5 Å². The smallest absolute Gasteiger partial charge is 0.253 e. The average Bonchev–Trinajstić information content (AvgIpc) is 2.70. The molecular weight excluding hydrogens is 402 g/mol. The first-order valence-corrected chi connectivity index (χ1v) is 9.93. The van der Waals surface area contributed by atoms with E-state index in [4.69, 9.17) is 23.2 Å². The molecule has 0 aliphatic carbocycles. The van der Waals surface area contributed by atoms with Crippen LogP contribution >= 0.6 is 23.2 Å². The van der Waals surface area contributed by atoms with Gasteiger partial charge in [0.2, 0.25) is 0 Å². The van der Waals surface area contributed by atoms with Gasteiger partial charge in [0.1, 0.15) is 11.5 Å². The van der Waals surface area contributed by atoms with Crippen molar-refractivity contribution in [3.8, 4) is 0 Å². The monoisotopic (exact) mass is 424 g/mol. The highest BCUT2D eigenvalue weighted by molar-refractivity contribution is 6.42. The predicted molar refractivity (Wildman–Crippen MR) is 111 cm³/mol. The lowest BCUT2D eigenvalue weighted by Gasteiger charge is -2.36. The van der Waals surface area contributed by atoms with E-state index in [0.717, 1.165) is 11.5 Å². The number of rotatable bonds is 6. The van der Waals surface area contributed by atoms with Crippen molar-refractivity contribution in [1.29, 1.82) is 0 Å². The number of hydrogen-bond acceptors (Lipinski definition) is 4. The molecule has 1 amide bonds. The normalized spacial score (nSPS) is 16.1. The molecule has 2 N–H and O–H groups in total. The van der Waals surface area contributed by atoms with Crippen LogP contribution in [0.3, 0.4) is 0 Å². The number of nitrogens with zero attached hydrogens (tertiary/aromatic N) is 2. The van der Waals surface area contributed by atoms with Crippen molar-refractivity contribution < 1.29 is 9.18 Å². The molecule has 1 aliphatic rings. The summed E-state index contributed by atoms with van der Waals surface area (Å²) in [6.07, 6.45) is 0.577. The van der Waals surface area contributed by atoms with E-state index in [2.05, 4.69) is 15.6 Å². The molecule has 1 fully saturated rings. The van der Waals surface area contributed by atoms with Crippen molar-refractivity contribution in [1.82, 2.24) is 15.2 Å². The Morgan fingerprint density at radius 2 is 1.96 bits per heavy atom. The van der Waals surface area contributed by atoms with Gasteiger partial charge in [-0.3, -0.25) is 4.79 Å². The van der Waals surface area contributed by atoms with E-state index in [1.807, 2.05) is 25.2 Å². The average molecular weight is 425 g/mol. The molecule has 1 saturated heterocycles. The molecule has 0 saturated carbocycles. The maximum absolute atomic E-state index is 15.1. The molecule has 1 aromatic heterocycles. The first-order chi connectivity index (χ1) is 13.4. The van der Waals surface area contributed by atoms with Gasteiger partial charge in [0.25, 0.3) is 5.91 Å². The quantitative estimate of drug-likeness (QED) is 0.730. The summed E-state index contributed by atoms with van der Waals surface area (Å²) in [7, 11) is 1.81. The van der Waals surface area contributed by atoms with E-state index in [1.54, 1.807) is 23.1 Å².